The van der Waals surface area contributed by atoms with Gasteiger partial charge in [-0.05, 0) is 19.3 Å². The molecule has 3 nitrogen and oxygen atoms in total. The number of nitrogens with zero attached hydrogens (tertiary/aromatic N) is 1. The van der Waals surface area contributed by atoms with E-state index in [-0.39, 0.29) is 6.61 Å². The van der Waals surface area contributed by atoms with Crippen LogP contribution in [0.25, 0.3) is 0 Å². The highest BCUT2D eigenvalue weighted by atomic mass is 16.6. The van der Waals surface area contributed by atoms with E-state index in [0.29, 0.717) is 0 Å². The van der Waals surface area contributed by atoms with Crippen molar-refractivity contribution in [3.8, 4) is 0 Å². The van der Waals surface area contributed by atoms with Crippen molar-refractivity contribution < 1.29 is 9.94 Å². The predicted molar refractivity (Wildman–Crippen MR) is 36.4 cm³/mol. The fraction of sp³-hybridized carbons (Fsp3) is 0.833. The SMILES string of the molecule is CO/N=C\CCCCO. The van der Waals surface area contributed by atoms with Crippen molar-refractivity contribution >= 4 is 6.21 Å². The second-order valence-corrected chi connectivity index (χ2v) is 1.69. The van der Waals surface area contributed by atoms with Crippen LogP contribution in [-0.4, -0.2) is 25.0 Å². The molecule has 1 N–H and O–H groups in total. The summed E-state index contributed by atoms with van der Waals surface area (Å²) < 4.78 is 0. The third kappa shape index (κ3) is 7.43. The summed E-state index contributed by atoms with van der Waals surface area (Å²) in [4.78, 5) is 4.43. The summed E-state index contributed by atoms with van der Waals surface area (Å²) in [7, 11) is 1.52. The molecule has 0 fully saturated rings. The molecule has 0 atom stereocenters. The van der Waals surface area contributed by atoms with Crippen LogP contribution in [0.5, 0.6) is 0 Å². The normalized spacial score (nSPS) is 10.4. The van der Waals surface area contributed by atoms with Crippen LogP contribution in [0.4, 0.5) is 0 Å². The van der Waals surface area contributed by atoms with E-state index in [0.717, 1.165) is 19.3 Å². The van der Waals surface area contributed by atoms with Crippen molar-refractivity contribution in [1.82, 2.24) is 0 Å². The molecule has 54 valence electrons. The number of rotatable bonds is 5. The number of unbranched alkanes of at least 4 members (excludes halogenated alkanes) is 2. The van der Waals surface area contributed by atoms with Crippen molar-refractivity contribution in [2.75, 3.05) is 13.7 Å². The second kappa shape index (κ2) is 7.43. The first kappa shape index (κ1) is 8.43. The second-order valence-electron chi connectivity index (χ2n) is 1.69. The fourth-order valence-electron chi connectivity index (χ4n) is 0.475. The lowest BCUT2D eigenvalue weighted by Gasteiger charge is -1.89. The highest BCUT2D eigenvalue weighted by Crippen LogP contribution is 1.90. The Morgan fingerprint density at radius 3 is 2.89 bits per heavy atom. The van der Waals surface area contributed by atoms with E-state index in [4.69, 9.17) is 5.11 Å². The quantitative estimate of drug-likeness (QED) is 0.340. The molecule has 0 aromatic heterocycles. The summed E-state index contributed by atoms with van der Waals surface area (Å²) in [6, 6.07) is 0. The van der Waals surface area contributed by atoms with E-state index in [1.807, 2.05) is 0 Å². The largest absolute Gasteiger partial charge is 0.399 e. The van der Waals surface area contributed by atoms with Crippen LogP contribution in [0.1, 0.15) is 19.3 Å². The molecule has 0 aliphatic carbocycles. The third-order valence-corrected chi connectivity index (χ3v) is 0.921. The van der Waals surface area contributed by atoms with Crippen LogP contribution in [0.3, 0.4) is 0 Å². The van der Waals surface area contributed by atoms with E-state index < -0.39 is 0 Å². The molecule has 0 spiro atoms. The Morgan fingerprint density at radius 1 is 1.56 bits per heavy atom. The van der Waals surface area contributed by atoms with Crippen molar-refractivity contribution in [1.29, 1.82) is 0 Å². The van der Waals surface area contributed by atoms with E-state index in [1.54, 1.807) is 6.21 Å². The first-order chi connectivity index (χ1) is 4.41. The Labute approximate surface area is 55.3 Å². The van der Waals surface area contributed by atoms with Gasteiger partial charge in [0.05, 0.1) is 0 Å². The maximum Gasteiger partial charge on any atom is 0.106 e. The van der Waals surface area contributed by atoms with Gasteiger partial charge in [-0.2, -0.15) is 0 Å². The molecular formula is C6H13NO2. The minimum absolute atomic E-state index is 0.265. The van der Waals surface area contributed by atoms with Crippen LogP contribution in [0.2, 0.25) is 0 Å². The first-order valence-corrected chi connectivity index (χ1v) is 3.07. The summed E-state index contributed by atoms with van der Waals surface area (Å²) in [5, 5.41) is 11.9. The molecule has 0 aliphatic rings. The Hall–Kier alpha value is -0.570. The molecule has 9 heavy (non-hydrogen) atoms. The topological polar surface area (TPSA) is 41.8 Å². The van der Waals surface area contributed by atoms with Gasteiger partial charge in [-0.3, -0.25) is 0 Å². The maximum atomic E-state index is 8.35. The molecule has 0 amide bonds. The van der Waals surface area contributed by atoms with Gasteiger partial charge in [0, 0.05) is 12.8 Å². The molecule has 3 heteroatoms. The maximum absolute atomic E-state index is 8.35. The number of aliphatic hydroxyl groups is 1. The number of aliphatic hydroxyl groups excluding tert-OH is 1. The van der Waals surface area contributed by atoms with Gasteiger partial charge in [0.25, 0.3) is 0 Å². The highest BCUT2D eigenvalue weighted by molar-refractivity contribution is 5.55. The summed E-state index contributed by atoms with van der Waals surface area (Å²) in [6.45, 7) is 0.265. The van der Waals surface area contributed by atoms with E-state index in [9.17, 15) is 0 Å². The zero-order chi connectivity index (χ0) is 6.95. The number of hydrogen-bond acceptors (Lipinski definition) is 3. The van der Waals surface area contributed by atoms with Crippen molar-refractivity contribution in [2.24, 2.45) is 5.16 Å². The fourth-order valence-corrected chi connectivity index (χ4v) is 0.475. The van der Waals surface area contributed by atoms with E-state index in [2.05, 4.69) is 9.99 Å². The summed E-state index contributed by atoms with van der Waals surface area (Å²) >= 11 is 0. The lowest BCUT2D eigenvalue weighted by molar-refractivity contribution is 0.214. The van der Waals surface area contributed by atoms with Crippen LogP contribution >= 0.6 is 0 Å². The minimum Gasteiger partial charge on any atom is -0.399 e. The molecule has 0 radical (unpaired) electrons. The molecule has 0 rings (SSSR count). The lowest BCUT2D eigenvalue weighted by atomic mass is 10.3. The van der Waals surface area contributed by atoms with Gasteiger partial charge in [0.1, 0.15) is 7.11 Å². The van der Waals surface area contributed by atoms with Crippen molar-refractivity contribution in [3.05, 3.63) is 0 Å². The smallest absolute Gasteiger partial charge is 0.106 e. The minimum atomic E-state index is 0.265. The van der Waals surface area contributed by atoms with Gasteiger partial charge in [-0.15, -0.1) is 0 Å². The number of oxime groups is 1. The lowest BCUT2D eigenvalue weighted by Crippen LogP contribution is -1.83. The van der Waals surface area contributed by atoms with Crippen molar-refractivity contribution in [2.45, 2.75) is 19.3 Å². The molecule has 0 bridgehead atoms. The average molecular weight is 131 g/mol. The molecule has 0 aromatic rings. The van der Waals surface area contributed by atoms with Crippen LogP contribution in [0, 0.1) is 0 Å². The predicted octanol–water partition coefficient (Wildman–Crippen LogP) is 0.781. The van der Waals surface area contributed by atoms with Gasteiger partial charge < -0.3 is 9.94 Å². The van der Waals surface area contributed by atoms with Crippen LogP contribution in [0.15, 0.2) is 5.16 Å². The molecular weight excluding hydrogens is 118 g/mol. The molecule has 0 aromatic carbocycles. The molecule has 0 saturated heterocycles. The molecule has 0 unspecified atom stereocenters. The Balaban J connectivity index is 2.82. The van der Waals surface area contributed by atoms with Crippen LogP contribution < -0.4 is 0 Å². The Morgan fingerprint density at radius 2 is 2.33 bits per heavy atom. The summed E-state index contributed by atoms with van der Waals surface area (Å²) in [5.74, 6) is 0. The highest BCUT2D eigenvalue weighted by Gasteiger charge is 1.81. The number of hydrogen-bond donors (Lipinski definition) is 1. The molecule has 0 saturated carbocycles. The zero-order valence-corrected chi connectivity index (χ0v) is 5.71. The summed E-state index contributed by atoms with van der Waals surface area (Å²) in [5.41, 5.74) is 0. The zero-order valence-electron chi connectivity index (χ0n) is 5.71. The van der Waals surface area contributed by atoms with E-state index in [1.165, 1.54) is 7.11 Å². The third-order valence-electron chi connectivity index (χ3n) is 0.921. The first-order valence-electron chi connectivity index (χ1n) is 3.07. The monoisotopic (exact) mass is 131 g/mol. The average Bonchev–Trinajstić information content (AvgIpc) is 1.89. The van der Waals surface area contributed by atoms with Gasteiger partial charge in [-0.25, -0.2) is 0 Å². The van der Waals surface area contributed by atoms with Crippen LogP contribution in [-0.2, 0) is 4.84 Å². The van der Waals surface area contributed by atoms with Gasteiger partial charge in [0.2, 0.25) is 0 Å². The van der Waals surface area contributed by atoms with Gasteiger partial charge in [-0.1, -0.05) is 5.16 Å². The van der Waals surface area contributed by atoms with E-state index >= 15 is 0 Å². The Kier molecular flexibility index (Phi) is 6.96. The summed E-state index contributed by atoms with van der Waals surface area (Å²) in [6.07, 6.45) is 4.41. The van der Waals surface area contributed by atoms with Gasteiger partial charge >= 0.3 is 0 Å². The van der Waals surface area contributed by atoms with Gasteiger partial charge in [0.15, 0.2) is 0 Å². The van der Waals surface area contributed by atoms with Crippen molar-refractivity contribution in [3.63, 3.8) is 0 Å². The standard InChI is InChI=1S/C6H13NO2/c1-9-7-5-3-2-4-6-8/h5,8H,2-4,6H2,1H3/b7-5-. The molecule has 0 aliphatic heterocycles. The Bertz CT molecular complexity index is 73.5. The molecule has 0 heterocycles.